The number of nitrogens with zero attached hydrogens (tertiary/aromatic N) is 1. The summed E-state index contributed by atoms with van der Waals surface area (Å²) >= 11 is 11.6. The van der Waals surface area contributed by atoms with Crippen molar-refractivity contribution >= 4 is 46.7 Å². The number of thiocarbonyl (C=S) groups is 1. The van der Waals surface area contributed by atoms with Gasteiger partial charge in [-0.3, -0.25) is 9.59 Å². The number of β-lactam (4-membered cyclic amide) rings is 1. The van der Waals surface area contributed by atoms with E-state index in [0.29, 0.717) is 22.7 Å². The highest BCUT2D eigenvalue weighted by molar-refractivity contribution is 7.80. The second-order valence-electron chi connectivity index (χ2n) is 7.97. The molecule has 10 heteroatoms. The van der Waals surface area contributed by atoms with Gasteiger partial charge in [0.2, 0.25) is 12.7 Å². The van der Waals surface area contributed by atoms with Gasteiger partial charge in [-0.15, -0.1) is 0 Å². The summed E-state index contributed by atoms with van der Waals surface area (Å²) in [5, 5.41) is 10.7. The van der Waals surface area contributed by atoms with Crippen LogP contribution in [0.2, 0.25) is 5.02 Å². The standard InChI is InChI=1S/C23H30ClNO7S/c1-5-17(6-2)32-23(29)31-12-30-18(27)11-25-20(19(14(4)26)22(25)28)13(3)21(33)15-7-9-16(24)10-8-15/h7-10,13-14,17,19-20,26H,5-6,11-12H2,1-4H3/t13-,14-,19-,20-/m1/s1. The van der Waals surface area contributed by atoms with Gasteiger partial charge in [0.05, 0.1) is 18.1 Å². The van der Waals surface area contributed by atoms with E-state index in [0.717, 1.165) is 5.56 Å². The third-order valence-corrected chi connectivity index (χ3v) is 6.60. The predicted octanol–water partition coefficient (Wildman–Crippen LogP) is 3.74. The quantitative estimate of drug-likeness (QED) is 0.161. The number of amides is 1. The number of likely N-dealkylation sites (tertiary alicyclic amines) is 1. The molecule has 0 unspecified atom stereocenters. The van der Waals surface area contributed by atoms with E-state index in [4.69, 9.17) is 38.0 Å². The van der Waals surface area contributed by atoms with Gasteiger partial charge in [-0.1, -0.05) is 56.7 Å². The fourth-order valence-corrected chi connectivity index (χ4v) is 4.24. The first-order valence-corrected chi connectivity index (χ1v) is 11.7. The Morgan fingerprint density at radius 2 is 1.76 bits per heavy atom. The normalized spacial score (nSPS) is 19.5. The maximum absolute atomic E-state index is 12.6. The first kappa shape index (κ1) is 27.0. The minimum absolute atomic E-state index is 0.268. The number of aliphatic hydroxyl groups excluding tert-OH is 1. The summed E-state index contributed by atoms with van der Waals surface area (Å²) in [7, 11) is 0. The molecule has 1 aromatic carbocycles. The van der Waals surface area contributed by atoms with Crippen LogP contribution >= 0.6 is 23.8 Å². The van der Waals surface area contributed by atoms with Crippen LogP contribution < -0.4 is 0 Å². The third kappa shape index (κ3) is 6.88. The first-order valence-electron chi connectivity index (χ1n) is 10.9. The number of hydrogen-bond acceptors (Lipinski definition) is 8. The SMILES string of the molecule is CCC(CC)OC(=O)OCOC(=O)CN1C(=O)[C@H]([C@@H](C)O)[C@H]1[C@@H](C)C(=S)c1ccc(Cl)cc1. The summed E-state index contributed by atoms with van der Waals surface area (Å²) in [5.74, 6) is -2.13. The van der Waals surface area contributed by atoms with Crippen LogP contribution in [0.1, 0.15) is 46.1 Å². The minimum Gasteiger partial charge on any atom is -0.431 e. The average molecular weight is 500 g/mol. The van der Waals surface area contributed by atoms with E-state index in [2.05, 4.69) is 0 Å². The van der Waals surface area contributed by atoms with E-state index in [1.807, 2.05) is 20.8 Å². The Morgan fingerprint density at radius 1 is 1.15 bits per heavy atom. The van der Waals surface area contributed by atoms with Crippen LogP contribution in [0.5, 0.6) is 0 Å². The van der Waals surface area contributed by atoms with E-state index in [9.17, 15) is 19.5 Å². The molecule has 1 saturated heterocycles. The molecule has 0 aromatic heterocycles. The molecular formula is C23H30ClNO7S. The highest BCUT2D eigenvalue weighted by atomic mass is 35.5. The lowest BCUT2D eigenvalue weighted by atomic mass is 9.74. The fraction of sp³-hybridized carbons (Fsp3) is 0.565. The lowest BCUT2D eigenvalue weighted by molar-refractivity contribution is -0.176. The Balaban J connectivity index is 1.97. The summed E-state index contributed by atoms with van der Waals surface area (Å²) in [5.41, 5.74) is 0.775. The lowest BCUT2D eigenvalue weighted by Crippen LogP contribution is -2.68. The number of benzene rings is 1. The molecule has 8 nitrogen and oxygen atoms in total. The summed E-state index contributed by atoms with van der Waals surface area (Å²) < 4.78 is 14.8. The number of aliphatic hydroxyl groups is 1. The van der Waals surface area contributed by atoms with Crippen LogP contribution in [-0.2, 0) is 23.8 Å². The van der Waals surface area contributed by atoms with Crippen LogP contribution in [0, 0.1) is 11.8 Å². The highest BCUT2D eigenvalue weighted by Crippen LogP contribution is 2.36. The molecule has 1 aliphatic heterocycles. The van der Waals surface area contributed by atoms with Crippen molar-refractivity contribution in [3.05, 3.63) is 34.9 Å². The molecule has 1 N–H and O–H groups in total. The van der Waals surface area contributed by atoms with Gasteiger partial charge in [0.25, 0.3) is 0 Å². The Bertz CT molecular complexity index is 857. The van der Waals surface area contributed by atoms with Crippen molar-refractivity contribution in [1.82, 2.24) is 4.90 Å². The zero-order valence-electron chi connectivity index (χ0n) is 19.2. The average Bonchev–Trinajstić information content (AvgIpc) is 2.78. The summed E-state index contributed by atoms with van der Waals surface area (Å²) in [4.78, 5) is 38.4. The van der Waals surface area contributed by atoms with Crippen molar-refractivity contribution in [2.75, 3.05) is 13.3 Å². The van der Waals surface area contributed by atoms with E-state index in [1.54, 1.807) is 24.3 Å². The van der Waals surface area contributed by atoms with Crippen LogP contribution in [-0.4, -0.2) is 64.5 Å². The molecule has 0 saturated carbocycles. The predicted molar refractivity (Wildman–Crippen MR) is 126 cm³/mol. The zero-order valence-corrected chi connectivity index (χ0v) is 20.7. The molecule has 0 radical (unpaired) electrons. The maximum atomic E-state index is 12.6. The zero-order chi connectivity index (χ0) is 24.7. The number of rotatable bonds is 11. The van der Waals surface area contributed by atoms with E-state index in [1.165, 1.54) is 11.8 Å². The summed E-state index contributed by atoms with van der Waals surface area (Å²) in [6, 6.07) is 6.52. The van der Waals surface area contributed by atoms with Crippen molar-refractivity contribution < 1.29 is 33.7 Å². The maximum Gasteiger partial charge on any atom is 0.511 e. The number of ether oxygens (including phenoxy) is 3. The topological polar surface area (TPSA) is 102 Å². The molecule has 1 aromatic rings. The molecule has 1 heterocycles. The van der Waals surface area contributed by atoms with Gasteiger partial charge in [0.15, 0.2) is 0 Å². The number of halogens is 1. The molecule has 1 amide bonds. The fourth-order valence-electron chi connectivity index (χ4n) is 3.84. The second-order valence-corrected chi connectivity index (χ2v) is 8.84. The second kappa shape index (κ2) is 12.3. The number of carbonyl (C=O) groups excluding carboxylic acids is 3. The van der Waals surface area contributed by atoms with Gasteiger partial charge in [0.1, 0.15) is 12.6 Å². The molecule has 0 spiro atoms. The molecule has 182 valence electrons. The molecule has 0 aliphatic carbocycles. The summed E-state index contributed by atoms with van der Waals surface area (Å²) in [6.07, 6.45) is -0.815. The molecule has 0 bridgehead atoms. The van der Waals surface area contributed by atoms with Crippen molar-refractivity contribution in [2.24, 2.45) is 11.8 Å². The Morgan fingerprint density at radius 3 is 2.30 bits per heavy atom. The molecule has 1 fully saturated rings. The van der Waals surface area contributed by atoms with Crippen molar-refractivity contribution in [2.45, 2.75) is 58.8 Å². The van der Waals surface area contributed by atoms with Crippen molar-refractivity contribution in [3.8, 4) is 0 Å². The lowest BCUT2D eigenvalue weighted by Gasteiger charge is -2.50. The van der Waals surface area contributed by atoms with Crippen LogP contribution in [0.3, 0.4) is 0 Å². The van der Waals surface area contributed by atoms with Gasteiger partial charge in [0, 0.05) is 15.8 Å². The first-order chi connectivity index (χ1) is 15.6. The smallest absolute Gasteiger partial charge is 0.431 e. The van der Waals surface area contributed by atoms with Gasteiger partial charge < -0.3 is 24.2 Å². The van der Waals surface area contributed by atoms with E-state index in [-0.39, 0.29) is 24.5 Å². The van der Waals surface area contributed by atoms with E-state index >= 15 is 0 Å². The van der Waals surface area contributed by atoms with E-state index < -0.39 is 37.0 Å². The van der Waals surface area contributed by atoms with Gasteiger partial charge >= 0.3 is 12.1 Å². The van der Waals surface area contributed by atoms with Gasteiger partial charge in [-0.2, -0.15) is 0 Å². The minimum atomic E-state index is -0.925. The van der Waals surface area contributed by atoms with Crippen molar-refractivity contribution in [3.63, 3.8) is 0 Å². The number of hydrogen-bond donors (Lipinski definition) is 1. The summed E-state index contributed by atoms with van der Waals surface area (Å²) in [6.45, 7) is 6.15. The van der Waals surface area contributed by atoms with Gasteiger partial charge in [-0.25, -0.2) is 4.79 Å². The molecule has 33 heavy (non-hydrogen) atoms. The van der Waals surface area contributed by atoms with Crippen LogP contribution in [0.4, 0.5) is 4.79 Å². The largest absolute Gasteiger partial charge is 0.511 e. The highest BCUT2D eigenvalue weighted by Gasteiger charge is 2.53. The van der Waals surface area contributed by atoms with Crippen LogP contribution in [0.25, 0.3) is 0 Å². The number of carbonyl (C=O) groups is 3. The molecule has 4 atom stereocenters. The Kier molecular flexibility index (Phi) is 10.1. The Hall–Kier alpha value is -2.23. The van der Waals surface area contributed by atoms with Crippen LogP contribution in [0.15, 0.2) is 24.3 Å². The molecule has 2 rings (SSSR count). The third-order valence-electron chi connectivity index (χ3n) is 5.74. The molecular weight excluding hydrogens is 470 g/mol. The Labute approximate surface area is 204 Å². The van der Waals surface area contributed by atoms with Gasteiger partial charge in [-0.05, 0) is 37.5 Å². The monoisotopic (exact) mass is 499 g/mol. The number of esters is 1. The molecule has 1 aliphatic rings. The van der Waals surface area contributed by atoms with Crippen molar-refractivity contribution in [1.29, 1.82) is 0 Å².